The van der Waals surface area contributed by atoms with Crippen LogP contribution in [0.15, 0.2) is 64.8 Å². The van der Waals surface area contributed by atoms with E-state index in [0.717, 1.165) is 31.4 Å². The minimum atomic E-state index is 0.171. The third-order valence-corrected chi connectivity index (χ3v) is 4.96. The highest BCUT2D eigenvalue weighted by atomic mass is 14.8. The van der Waals surface area contributed by atoms with Crippen LogP contribution in [0.4, 0.5) is 0 Å². The lowest BCUT2D eigenvalue weighted by atomic mass is 9.92. The van der Waals surface area contributed by atoms with E-state index in [1.165, 1.54) is 27.9 Å². The summed E-state index contributed by atoms with van der Waals surface area (Å²) >= 11 is 0. The van der Waals surface area contributed by atoms with Crippen LogP contribution in [0.1, 0.15) is 65.0 Å². The fourth-order valence-electron chi connectivity index (χ4n) is 3.12. The lowest BCUT2D eigenvalue weighted by molar-refractivity contribution is 0.563. The number of nitrogens with one attached hydrogen (secondary N) is 1. The van der Waals surface area contributed by atoms with Gasteiger partial charge in [-0.15, -0.1) is 0 Å². The number of hydrogen-bond acceptors (Lipinski definition) is 3. The quantitative estimate of drug-likeness (QED) is 0.385. The zero-order chi connectivity index (χ0) is 21.8. The third-order valence-electron chi connectivity index (χ3n) is 4.96. The van der Waals surface area contributed by atoms with Gasteiger partial charge in [0.25, 0.3) is 0 Å². The Balaban J connectivity index is 3.26. The average molecular weight is 392 g/mol. The van der Waals surface area contributed by atoms with Gasteiger partial charge in [0, 0.05) is 6.04 Å². The Kier molecular flexibility index (Phi) is 11.0. The first-order valence-corrected chi connectivity index (χ1v) is 10.4. The minimum Gasteiger partial charge on any atom is -0.327 e. The maximum absolute atomic E-state index is 9.11. The van der Waals surface area contributed by atoms with E-state index >= 15 is 0 Å². The summed E-state index contributed by atoms with van der Waals surface area (Å²) in [5.74, 6) is 0. The van der Waals surface area contributed by atoms with Crippen LogP contribution < -0.4 is 11.1 Å². The maximum atomic E-state index is 9.11. The highest BCUT2D eigenvalue weighted by Gasteiger charge is 2.09. The molecule has 0 amide bonds. The topological polar surface area (TPSA) is 61.8 Å². The van der Waals surface area contributed by atoms with Crippen LogP contribution in [0, 0.1) is 11.3 Å². The monoisotopic (exact) mass is 391 g/mol. The molecule has 0 radical (unpaired) electrons. The lowest BCUT2D eigenvalue weighted by Crippen LogP contribution is -2.22. The van der Waals surface area contributed by atoms with Gasteiger partial charge < -0.3 is 11.1 Å². The molecule has 3 heteroatoms. The summed E-state index contributed by atoms with van der Waals surface area (Å²) in [5, 5.41) is 12.3. The predicted octanol–water partition coefficient (Wildman–Crippen LogP) is 5.91. The molecule has 156 valence electrons. The molecule has 1 aromatic rings. The Morgan fingerprint density at radius 3 is 2.31 bits per heavy atom. The van der Waals surface area contributed by atoms with Gasteiger partial charge in [-0.1, -0.05) is 41.5 Å². The summed E-state index contributed by atoms with van der Waals surface area (Å²) in [7, 11) is 1.97. The molecule has 1 aromatic carbocycles. The van der Waals surface area contributed by atoms with Crippen LogP contribution in [0.2, 0.25) is 0 Å². The second-order valence-electron chi connectivity index (χ2n) is 8.02. The molecule has 1 unspecified atom stereocenters. The van der Waals surface area contributed by atoms with Crippen molar-refractivity contribution in [1.82, 2.24) is 5.32 Å². The Bertz CT molecular complexity index is 811. The number of rotatable bonds is 10. The van der Waals surface area contributed by atoms with E-state index < -0.39 is 0 Å². The summed E-state index contributed by atoms with van der Waals surface area (Å²) < 4.78 is 0. The molecule has 3 N–H and O–H groups in total. The molecule has 0 saturated heterocycles. The smallest absolute Gasteiger partial charge is 0.0991 e. The van der Waals surface area contributed by atoms with E-state index in [2.05, 4.69) is 64.2 Å². The van der Waals surface area contributed by atoms with Gasteiger partial charge in [0.1, 0.15) is 0 Å². The zero-order valence-electron chi connectivity index (χ0n) is 19.0. The molecule has 0 bridgehead atoms. The summed E-state index contributed by atoms with van der Waals surface area (Å²) in [5.41, 5.74) is 14.3. The molecule has 0 spiro atoms. The first kappa shape index (κ1) is 24.6. The van der Waals surface area contributed by atoms with Crippen LogP contribution in [-0.2, 0) is 0 Å². The number of nitrogens with two attached hydrogens (primary N) is 1. The number of allylic oxidation sites excluding steroid dienone is 7. The Hall–Kier alpha value is -2.41. The van der Waals surface area contributed by atoms with Crippen molar-refractivity contribution in [2.45, 2.75) is 59.9 Å². The fourth-order valence-corrected chi connectivity index (χ4v) is 3.12. The molecular formula is C26H37N3. The van der Waals surface area contributed by atoms with Gasteiger partial charge in [-0.05, 0) is 102 Å². The Labute approximate surface area is 177 Å². The maximum Gasteiger partial charge on any atom is 0.0991 e. The van der Waals surface area contributed by atoms with Crippen LogP contribution in [0.5, 0.6) is 0 Å². The van der Waals surface area contributed by atoms with Crippen LogP contribution in [0.3, 0.4) is 0 Å². The molecule has 0 aliphatic carbocycles. The summed E-state index contributed by atoms with van der Waals surface area (Å²) in [6.07, 6.45) is 9.56. The van der Waals surface area contributed by atoms with E-state index in [-0.39, 0.29) is 6.04 Å². The third kappa shape index (κ3) is 9.09. The summed E-state index contributed by atoms with van der Waals surface area (Å²) in [6.45, 7) is 11.7. The second-order valence-corrected chi connectivity index (χ2v) is 8.02. The van der Waals surface area contributed by atoms with Crippen LogP contribution in [-0.4, -0.2) is 19.6 Å². The van der Waals surface area contributed by atoms with Crippen molar-refractivity contribution >= 4 is 5.57 Å². The molecule has 1 atom stereocenters. The fraction of sp³-hybridized carbons (Fsp3) is 0.423. The van der Waals surface area contributed by atoms with Gasteiger partial charge in [-0.3, -0.25) is 0 Å². The van der Waals surface area contributed by atoms with Crippen molar-refractivity contribution in [2.24, 2.45) is 5.73 Å². The molecule has 0 heterocycles. The van der Waals surface area contributed by atoms with E-state index in [1.807, 2.05) is 31.3 Å². The van der Waals surface area contributed by atoms with E-state index in [1.54, 1.807) is 0 Å². The van der Waals surface area contributed by atoms with Crippen molar-refractivity contribution < 1.29 is 0 Å². The van der Waals surface area contributed by atoms with Gasteiger partial charge in [-0.2, -0.15) is 5.26 Å². The highest BCUT2D eigenvalue weighted by molar-refractivity contribution is 5.80. The van der Waals surface area contributed by atoms with Crippen molar-refractivity contribution in [3.05, 3.63) is 75.9 Å². The molecule has 1 rings (SSSR count). The number of benzene rings is 1. The second kappa shape index (κ2) is 12.9. The van der Waals surface area contributed by atoms with Crippen LogP contribution >= 0.6 is 0 Å². The molecule has 0 aliphatic heterocycles. The average Bonchev–Trinajstić information content (AvgIpc) is 2.70. The number of nitrogens with zero attached hydrogens (tertiary/aromatic N) is 1. The van der Waals surface area contributed by atoms with E-state index in [9.17, 15) is 0 Å². The Morgan fingerprint density at radius 2 is 1.76 bits per heavy atom. The standard InChI is InChI=1S/C26H37N3/c1-19(2)9-10-21(4)22(5)26(24-13-11-23(18-27)12-14-24)17-20(3)16-25(28)8-7-15-29-6/h9-14,17,25,29H,7-8,15-16,28H2,1-6H3/b20-17+,21-10+,26-22-. The van der Waals surface area contributed by atoms with Gasteiger partial charge >= 0.3 is 0 Å². The van der Waals surface area contributed by atoms with Gasteiger partial charge in [0.05, 0.1) is 11.6 Å². The highest BCUT2D eigenvalue weighted by Crippen LogP contribution is 2.27. The lowest BCUT2D eigenvalue weighted by Gasteiger charge is -2.15. The van der Waals surface area contributed by atoms with Crippen molar-refractivity contribution in [2.75, 3.05) is 13.6 Å². The summed E-state index contributed by atoms with van der Waals surface area (Å²) in [4.78, 5) is 0. The molecular weight excluding hydrogens is 354 g/mol. The molecule has 0 saturated carbocycles. The van der Waals surface area contributed by atoms with Crippen LogP contribution in [0.25, 0.3) is 5.57 Å². The van der Waals surface area contributed by atoms with Gasteiger partial charge in [0.15, 0.2) is 0 Å². The first-order valence-electron chi connectivity index (χ1n) is 10.4. The molecule has 0 aromatic heterocycles. The SMILES string of the molecule is CNCCCC(N)C/C(C)=C/C(=C(C)/C(C)=C/C=C(C)C)c1ccc(C#N)cc1. The largest absolute Gasteiger partial charge is 0.327 e. The van der Waals surface area contributed by atoms with Crippen molar-refractivity contribution in [3.63, 3.8) is 0 Å². The molecule has 29 heavy (non-hydrogen) atoms. The molecule has 0 fully saturated rings. The predicted molar refractivity (Wildman–Crippen MR) is 126 cm³/mol. The summed E-state index contributed by atoms with van der Waals surface area (Å²) in [6, 6.07) is 10.2. The van der Waals surface area contributed by atoms with Gasteiger partial charge in [-0.25, -0.2) is 0 Å². The molecule has 3 nitrogen and oxygen atoms in total. The van der Waals surface area contributed by atoms with Gasteiger partial charge in [0.2, 0.25) is 0 Å². The van der Waals surface area contributed by atoms with E-state index in [4.69, 9.17) is 11.0 Å². The number of hydrogen-bond donors (Lipinski definition) is 2. The normalized spacial score (nSPS) is 14.1. The van der Waals surface area contributed by atoms with E-state index in [0.29, 0.717) is 5.56 Å². The van der Waals surface area contributed by atoms with Crippen molar-refractivity contribution in [3.8, 4) is 6.07 Å². The number of nitriles is 1. The Morgan fingerprint density at radius 1 is 1.10 bits per heavy atom. The molecule has 0 aliphatic rings. The van der Waals surface area contributed by atoms with Crippen molar-refractivity contribution in [1.29, 1.82) is 5.26 Å². The first-order chi connectivity index (χ1) is 13.8. The zero-order valence-corrected chi connectivity index (χ0v) is 19.0. The minimum absolute atomic E-state index is 0.171.